The van der Waals surface area contributed by atoms with E-state index >= 15 is 0 Å². The molecule has 1 saturated heterocycles. The Morgan fingerprint density at radius 1 is 1.29 bits per heavy atom. The summed E-state index contributed by atoms with van der Waals surface area (Å²) in [6, 6.07) is 8.00. The number of carbonyl (C=O) groups is 2. The van der Waals surface area contributed by atoms with Crippen LogP contribution in [-0.2, 0) is 4.79 Å². The molecule has 1 aromatic heterocycles. The lowest BCUT2D eigenvalue weighted by atomic mass is 9.68. The molecule has 0 spiro atoms. The maximum absolute atomic E-state index is 12.8. The van der Waals surface area contributed by atoms with Gasteiger partial charge in [-0.2, -0.15) is 0 Å². The maximum Gasteiger partial charge on any atom is 0.223 e. The van der Waals surface area contributed by atoms with E-state index in [9.17, 15) is 9.59 Å². The van der Waals surface area contributed by atoms with Crippen molar-refractivity contribution in [1.29, 1.82) is 0 Å². The molecule has 4 heteroatoms. The number of Topliss-reactive ketones (excluding diaryl/α,β-unsaturated/α-hetero) is 1. The van der Waals surface area contributed by atoms with Gasteiger partial charge in [0.05, 0.1) is 11.7 Å². The molecule has 1 N–H and O–H groups in total. The van der Waals surface area contributed by atoms with Gasteiger partial charge in [0.25, 0.3) is 0 Å². The third-order valence-corrected chi connectivity index (χ3v) is 5.22. The van der Waals surface area contributed by atoms with Crippen molar-refractivity contribution >= 4 is 22.6 Å². The van der Waals surface area contributed by atoms with E-state index in [0.29, 0.717) is 6.42 Å². The molecule has 1 aliphatic heterocycles. The van der Waals surface area contributed by atoms with E-state index in [1.807, 2.05) is 36.2 Å². The molecule has 2 heterocycles. The monoisotopic (exact) mass is 282 g/mol. The lowest BCUT2D eigenvalue weighted by Gasteiger charge is -2.46. The minimum absolute atomic E-state index is 0.0186. The number of fused-ring (bicyclic) bond motifs is 6. The van der Waals surface area contributed by atoms with E-state index in [1.165, 1.54) is 0 Å². The van der Waals surface area contributed by atoms with E-state index in [1.54, 1.807) is 0 Å². The molecule has 1 fully saturated rings. The Morgan fingerprint density at radius 2 is 2.05 bits per heavy atom. The van der Waals surface area contributed by atoms with Crippen LogP contribution in [0.15, 0.2) is 24.3 Å². The smallest absolute Gasteiger partial charge is 0.223 e. The first-order valence-electron chi connectivity index (χ1n) is 7.54. The molecular formula is C17H18N2O2. The average molecular weight is 282 g/mol. The molecule has 108 valence electrons. The quantitative estimate of drug-likeness (QED) is 0.874. The highest BCUT2D eigenvalue weighted by Crippen LogP contribution is 2.49. The van der Waals surface area contributed by atoms with E-state index in [0.717, 1.165) is 28.6 Å². The number of piperidine rings is 1. The highest BCUT2D eigenvalue weighted by atomic mass is 16.2. The number of H-pyrrole nitrogens is 1. The Morgan fingerprint density at radius 3 is 2.81 bits per heavy atom. The van der Waals surface area contributed by atoms with Gasteiger partial charge < -0.3 is 9.88 Å². The Labute approximate surface area is 123 Å². The van der Waals surface area contributed by atoms with Gasteiger partial charge in [0.1, 0.15) is 0 Å². The van der Waals surface area contributed by atoms with Crippen molar-refractivity contribution in [2.45, 2.75) is 25.8 Å². The fourth-order valence-electron chi connectivity index (χ4n) is 4.20. The summed E-state index contributed by atoms with van der Waals surface area (Å²) in [5, 5.41) is 1.07. The SMILES string of the molecule is CCC1[C@@H]2CC(=O)N(C)[C@H]1c1c([nH]c3ccccc13)C2=O. The lowest BCUT2D eigenvalue weighted by molar-refractivity contribution is -0.139. The second-order valence-electron chi connectivity index (χ2n) is 6.16. The largest absolute Gasteiger partial charge is 0.352 e. The van der Waals surface area contributed by atoms with Crippen LogP contribution < -0.4 is 0 Å². The summed E-state index contributed by atoms with van der Waals surface area (Å²) in [7, 11) is 1.87. The normalized spacial score (nSPS) is 28.1. The van der Waals surface area contributed by atoms with Crippen LogP contribution in [0.1, 0.15) is 41.9 Å². The topological polar surface area (TPSA) is 53.2 Å². The maximum atomic E-state index is 12.8. The summed E-state index contributed by atoms with van der Waals surface area (Å²) in [4.78, 5) is 30.2. The molecule has 2 aromatic rings. The Balaban J connectivity index is 2.04. The highest BCUT2D eigenvalue weighted by Gasteiger charge is 2.50. The van der Waals surface area contributed by atoms with Gasteiger partial charge in [0.2, 0.25) is 5.91 Å². The molecule has 21 heavy (non-hydrogen) atoms. The first-order valence-corrected chi connectivity index (χ1v) is 7.54. The minimum atomic E-state index is -0.163. The van der Waals surface area contributed by atoms with E-state index < -0.39 is 0 Å². The predicted octanol–water partition coefficient (Wildman–Crippen LogP) is 2.91. The van der Waals surface area contributed by atoms with Gasteiger partial charge in [-0.1, -0.05) is 31.5 Å². The lowest BCUT2D eigenvalue weighted by Crippen LogP contribution is -2.50. The number of carbonyl (C=O) groups excluding carboxylic acids is 2. The van der Waals surface area contributed by atoms with Gasteiger partial charge in [0, 0.05) is 35.9 Å². The van der Waals surface area contributed by atoms with Crippen LogP contribution in [0.5, 0.6) is 0 Å². The van der Waals surface area contributed by atoms with Gasteiger partial charge in [-0.3, -0.25) is 9.59 Å². The molecule has 4 rings (SSSR count). The number of rotatable bonds is 1. The number of aromatic nitrogens is 1. The fourth-order valence-corrected chi connectivity index (χ4v) is 4.20. The van der Waals surface area contributed by atoms with E-state index in [4.69, 9.17) is 0 Å². The van der Waals surface area contributed by atoms with Crippen LogP contribution >= 0.6 is 0 Å². The predicted molar refractivity (Wildman–Crippen MR) is 80.0 cm³/mol. The van der Waals surface area contributed by atoms with Crippen LogP contribution in [0.2, 0.25) is 0 Å². The zero-order chi connectivity index (χ0) is 14.7. The number of hydrogen-bond acceptors (Lipinski definition) is 2. The molecule has 2 aliphatic rings. The van der Waals surface area contributed by atoms with E-state index in [2.05, 4.69) is 11.9 Å². The molecule has 4 nitrogen and oxygen atoms in total. The minimum Gasteiger partial charge on any atom is -0.352 e. The Hall–Kier alpha value is -2.10. The van der Waals surface area contributed by atoms with Crippen LogP contribution in [0.25, 0.3) is 10.9 Å². The molecular weight excluding hydrogens is 264 g/mol. The van der Waals surface area contributed by atoms with Gasteiger partial charge in [-0.05, 0) is 12.0 Å². The Bertz CT molecular complexity index is 761. The number of aromatic amines is 1. The second kappa shape index (κ2) is 4.20. The van der Waals surface area contributed by atoms with Crippen LogP contribution in [0.4, 0.5) is 0 Å². The van der Waals surface area contributed by atoms with Crippen molar-refractivity contribution in [2.75, 3.05) is 7.05 Å². The Kier molecular flexibility index (Phi) is 2.52. The summed E-state index contributed by atoms with van der Waals surface area (Å²) in [6.45, 7) is 2.11. The molecule has 1 amide bonds. The molecule has 2 bridgehead atoms. The van der Waals surface area contributed by atoms with E-state index in [-0.39, 0.29) is 29.6 Å². The molecule has 3 atom stereocenters. The van der Waals surface area contributed by atoms with Gasteiger partial charge >= 0.3 is 0 Å². The first kappa shape index (κ1) is 12.6. The highest BCUT2D eigenvalue weighted by molar-refractivity contribution is 6.07. The van der Waals surface area contributed by atoms with Crippen LogP contribution in [0.3, 0.4) is 0 Å². The standard InChI is InChI=1S/C17H18N2O2/c1-3-9-11-8-13(20)19(2)16(9)14-10-6-4-5-7-12(10)18-15(14)17(11)21/h4-7,9,11,16,18H,3,8H2,1-2H3/t9?,11-,16+/m0/s1. The third kappa shape index (κ3) is 1.50. The zero-order valence-electron chi connectivity index (χ0n) is 12.2. The molecule has 0 saturated carbocycles. The van der Waals surface area contributed by atoms with Gasteiger partial charge in [0.15, 0.2) is 5.78 Å². The molecule has 1 aliphatic carbocycles. The summed E-state index contributed by atoms with van der Waals surface area (Å²) in [5.41, 5.74) is 2.73. The second-order valence-corrected chi connectivity index (χ2v) is 6.16. The summed E-state index contributed by atoms with van der Waals surface area (Å²) in [6.07, 6.45) is 1.26. The summed E-state index contributed by atoms with van der Waals surface area (Å²) < 4.78 is 0. The third-order valence-electron chi connectivity index (χ3n) is 5.22. The number of hydrogen-bond donors (Lipinski definition) is 1. The van der Waals surface area contributed by atoms with Gasteiger partial charge in [-0.15, -0.1) is 0 Å². The first-order chi connectivity index (χ1) is 10.1. The summed E-state index contributed by atoms with van der Waals surface area (Å²) in [5.74, 6) is 0.265. The van der Waals surface area contributed by atoms with Gasteiger partial charge in [-0.25, -0.2) is 0 Å². The number of nitrogens with one attached hydrogen (secondary N) is 1. The molecule has 0 radical (unpaired) electrons. The average Bonchev–Trinajstić information content (AvgIpc) is 2.87. The van der Waals surface area contributed by atoms with Crippen molar-refractivity contribution in [2.24, 2.45) is 11.8 Å². The zero-order valence-corrected chi connectivity index (χ0v) is 12.2. The van der Waals surface area contributed by atoms with Crippen LogP contribution in [-0.4, -0.2) is 28.6 Å². The molecule has 1 aromatic carbocycles. The number of ketones is 1. The summed E-state index contributed by atoms with van der Waals surface area (Å²) >= 11 is 0. The fraction of sp³-hybridized carbons (Fsp3) is 0.412. The van der Waals surface area contributed by atoms with Crippen molar-refractivity contribution in [3.8, 4) is 0 Å². The molecule has 1 unspecified atom stereocenters. The van der Waals surface area contributed by atoms with Crippen molar-refractivity contribution in [1.82, 2.24) is 9.88 Å². The van der Waals surface area contributed by atoms with Crippen molar-refractivity contribution < 1.29 is 9.59 Å². The van der Waals surface area contributed by atoms with Crippen molar-refractivity contribution in [3.05, 3.63) is 35.5 Å². The van der Waals surface area contributed by atoms with Crippen LogP contribution in [0, 0.1) is 11.8 Å². The number of para-hydroxylation sites is 1. The number of benzene rings is 1. The number of nitrogens with zero attached hydrogens (tertiary/aromatic N) is 1. The number of amides is 1. The van der Waals surface area contributed by atoms with Crippen molar-refractivity contribution in [3.63, 3.8) is 0 Å². The number of likely N-dealkylation sites (tertiary alicyclic amines) is 1.